The van der Waals surface area contributed by atoms with Crippen molar-refractivity contribution in [2.45, 2.75) is 58.5 Å². The van der Waals surface area contributed by atoms with Gasteiger partial charge in [0.05, 0.1) is 18.1 Å². The number of rotatable bonds is 6. The molecule has 0 aliphatic heterocycles. The second-order valence-corrected chi connectivity index (χ2v) is 9.50. The number of furan rings is 1. The van der Waals surface area contributed by atoms with Crippen LogP contribution in [0.15, 0.2) is 65.3 Å². The van der Waals surface area contributed by atoms with Crippen LogP contribution < -0.4 is 5.32 Å². The van der Waals surface area contributed by atoms with Crippen molar-refractivity contribution >= 4 is 5.91 Å². The zero-order chi connectivity index (χ0) is 24.5. The van der Waals surface area contributed by atoms with Crippen LogP contribution in [0.1, 0.15) is 71.9 Å². The number of nitrogens with zero attached hydrogens (tertiary/aromatic N) is 2. The molecule has 1 amide bonds. The van der Waals surface area contributed by atoms with Gasteiger partial charge < -0.3 is 14.3 Å². The smallest absolute Gasteiger partial charge is 0.287 e. The molecule has 1 unspecified atom stereocenters. The molecular weight excluding hydrogens is 441 g/mol. The van der Waals surface area contributed by atoms with E-state index in [9.17, 15) is 9.18 Å². The second kappa shape index (κ2) is 9.53. The average Bonchev–Trinajstić information content (AvgIpc) is 3.61. The Labute approximate surface area is 205 Å². The number of amides is 1. The van der Waals surface area contributed by atoms with E-state index in [1.807, 2.05) is 25.4 Å². The first-order valence-corrected chi connectivity index (χ1v) is 12.2. The molecule has 1 fully saturated rings. The summed E-state index contributed by atoms with van der Waals surface area (Å²) in [5, 5.41) is 3.04. The minimum atomic E-state index is -0.291. The van der Waals surface area contributed by atoms with Gasteiger partial charge in [0, 0.05) is 11.6 Å². The van der Waals surface area contributed by atoms with Crippen molar-refractivity contribution in [2.24, 2.45) is 0 Å². The number of halogens is 1. The summed E-state index contributed by atoms with van der Waals surface area (Å²) >= 11 is 0. The van der Waals surface area contributed by atoms with Gasteiger partial charge in [0.1, 0.15) is 11.5 Å². The van der Waals surface area contributed by atoms with Crippen LogP contribution in [0.2, 0.25) is 0 Å². The van der Waals surface area contributed by atoms with Gasteiger partial charge in [0.2, 0.25) is 0 Å². The Morgan fingerprint density at radius 1 is 1.06 bits per heavy atom. The number of aromatic nitrogens is 2. The fraction of sp³-hybridized carbons (Fsp3) is 0.310. The molecule has 1 atom stereocenters. The van der Waals surface area contributed by atoms with E-state index < -0.39 is 0 Å². The van der Waals surface area contributed by atoms with Crippen LogP contribution in [0.4, 0.5) is 4.39 Å². The third kappa shape index (κ3) is 4.65. The molecule has 1 aliphatic carbocycles. The highest BCUT2D eigenvalue weighted by molar-refractivity contribution is 5.92. The van der Waals surface area contributed by atoms with E-state index in [1.54, 1.807) is 18.2 Å². The summed E-state index contributed by atoms with van der Waals surface area (Å²) in [5.41, 5.74) is 5.82. The fourth-order valence-corrected chi connectivity index (χ4v) is 4.86. The molecule has 0 spiro atoms. The van der Waals surface area contributed by atoms with Crippen LogP contribution in [0, 0.1) is 19.7 Å². The Morgan fingerprint density at radius 3 is 2.51 bits per heavy atom. The Bertz CT molecular complexity index is 1350. The van der Waals surface area contributed by atoms with Crippen LogP contribution >= 0.6 is 0 Å². The van der Waals surface area contributed by atoms with Gasteiger partial charge in [0.15, 0.2) is 11.5 Å². The van der Waals surface area contributed by atoms with E-state index in [1.165, 1.54) is 36.1 Å². The molecule has 0 bridgehead atoms. The first-order chi connectivity index (χ1) is 16.9. The summed E-state index contributed by atoms with van der Waals surface area (Å²) < 4.78 is 21.8. The van der Waals surface area contributed by atoms with Crippen molar-refractivity contribution in [3.05, 3.63) is 89.2 Å². The highest BCUT2D eigenvalue weighted by Crippen LogP contribution is 2.39. The molecule has 180 valence electrons. The van der Waals surface area contributed by atoms with Gasteiger partial charge in [0.25, 0.3) is 5.91 Å². The van der Waals surface area contributed by atoms with Gasteiger partial charge in [-0.3, -0.25) is 4.79 Å². The molecular formula is C29H30FN3O2. The van der Waals surface area contributed by atoms with Gasteiger partial charge in [-0.2, -0.15) is 0 Å². The number of nitrogens with one attached hydrogen (secondary N) is 1. The topological polar surface area (TPSA) is 60.1 Å². The van der Waals surface area contributed by atoms with Crippen LogP contribution in [0.5, 0.6) is 0 Å². The molecule has 2 aromatic carbocycles. The molecule has 5 nitrogen and oxygen atoms in total. The van der Waals surface area contributed by atoms with Crippen LogP contribution in [-0.4, -0.2) is 15.5 Å². The summed E-state index contributed by atoms with van der Waals surface area (Å²) in [7, 11) is 0. The summed E-state index contributed by atoms with van der Waals surface area (Å²) in [4.78, 5) is 17.7. The number of benzene rings is 2. The number of carbonyl (C=O) groups excluding carboxylic acids is 1. The molecule has 4 aromatic rings. The van der Waals surface area contributed by atoms with Crippen molar-refractivity contribution in [1.82, 2.24) is 14.9 Å². The Morgan fingerprint density at radius 2 is 1.80 bits per heavy atom. The molecule has 0 saturated heterocycles. The minimum Gasteiger partial charge on any atom is -0.449 e. The maximum absolute atomic E-state index is 13.5. The molecule has 1 aliphatic rings. The predicted octanol–water partition coefficient (Wildman–Crippen LogP) is 7.17. The third-order valence-corrected chi connectivity index (χ3v) is 7.07. The first-order valence-electron chi connectivity index (χ1n) is 12.2. The van der Waals surface area contributed by atoms with Gasteiger partial charge >= 0.3 is 0 Å². The maximum Gasteiger partial charge on any atom is 0.287 e. The van der Waals surface area contributed by atoms with Crippen molar-refractivity contribution in [3.63, 3.8) is 0 Å². The molecule has 2 heterocycles. The van der Waals surface area contributed by atoms with Crippen LogP contribution in [0.25, 0.3) is 22.7 Å². The van der Waals surface area contributed by atoms with E-state index in [0.29, 0.717) is 11.8 Å². The SMILES string of the molecule is Cc1ccc(C(C)NC(=O)c2ccc(-c3c(-c4ccc(F)cc4)ncn3C3CCCC3)o2)cc1C. The third-order valence-electron chi connectivity index (χ3n) is 7.07. The molecule has 6 heteroatoms. The van der Waals surface area contributed by atoms with Crippen molar-refractivity contribution in [3.8, 4) is 22.7 Å². The van der Waals surface area contributed by atoms with E-state index >= 15 is 0 Å². The quantitative estimate of drug-likeness (QED) is 0.324. The lowest BCUT2D eigenvalue weighted by molar-refractivity contribution is 0.0912. The van der Waals surface area contributed by atoms with E-state index in [-0.39, 0.29) is 23.5 Å². The molecule has 2 aromatic heterocycles. The Balaban J connectivity index is 1.45. The average molecular weight is 472 g/mol. The Hall–Kier alpha value is -3.67. The standard InChI is InChI=1S/C29H30FN3O2/c1-18-8-9-22(16-19(18)2)20(3)32-29(34)26-15-14-25(35-26)28-27(21-10-12-23(30)13-11-21)31-17-33(28)24-6-4-5-7-24/h8-17,20,24H,4-7H2,1-3H3,(H,32,34). The Kier molecular flexibility index (Phi) is 6.29. The zero-order valence-corrected chi connectivity index (χ0v) is 20.3. The molecule has 1 N–H and O–H groups in total. The van der Waals surface area contributed by atoms with Gasteiger partial charge in [-0.15, -0.1) is 0 Å². The largest absolute Gasteiger partial charge is 0.449 e. The van der Waals surface area contributed by atoms with Crippen molar-refractivity contribution in [2.75, 3.05) is 0 Å². The number of hydrogen-bond acceptors (Lipinski definition) is 3. The number of aryl methyl sites for hydroxylation is 2. The van der Waals surface area contributed by atoms with Gasteiger partial charge in [-0.05, 0) is 86.7 Å². The fourth-order valence-electron chi connectivity index (χ4n) is 4.86. The first kappa shape index (κ1) is 23.1. The number of hydrogen-bond donors (Lipinski definition) is 1. The summed E-state index contributed by atoms with van der Waals surface area (Å²) in [6, 6.07) is 16.2. The van der Waals surface area contributed by atoms with E-state index in [4.69, 9.17) is 4.42 Å². The van der Waals surface area contributed by atoms with E-state index in [0.717, 1.165) is 35.4 Å². The number of imidazole rings is 1. The van der Waals surface area contributed by atoms with Gasteiger partial charge in [-0.25, -0.2) is 9.37 Å². The summed E-state index contributed by atoms with van der Waals surface area (Å²) in [6.07, 6.45) is 6.35. The highest BCUT2D eigenvalue weighted by Gasteiger charge is 2.26. The maximum atomic E-state index is 13.5. The molecule has 5 rings (SSSR count). The predicted molar refractivity (Wildman–Crippen MR) is 135 cm³/mol. The molecule has 0 radical (unpaired) electrons. The second-order valence-electron chi connectivity index (χ2n) is 9.50. The monoisotopic (exact) mass is 471 g/mol. The summed E-state index contributed by atoms with van der Waals surface area (Å²) in [6.45, 7) is 6.11. The van der Waals surface area contributed by atoms with Crippen LogP contribution in [-0.2, 0) is 0 Å². The summed E-state index contributed by atoms with van der Waals surface area (Å²) in [5.74, 6) is 0.273. The lowest BCUT2D eigenvalue weighted by Gasteiger charge is -2.16. The zero-order valence-electron chi connectivity index (χ0n) is 20.3. The molecule has 1 saturated carbocycles. The van der Waals surface area contributed by atoms with Gasteiger partial charge in [-0.1, -0.05) is 31.0 Å². The van der Waals surface area contributed by atoms with E-state index in [2.05, 4.69) is 40.8 Å². The number of carbonyl (C=O) groups is 1. The lowest BCUT2D eigenvalue weighted by atomic mass is 10.0. The lowest BCUT2D eigenvalue weighted by Crippen LogP contribution is -2.26. The highest BCUT2D eigenvalue weighted by atomic mass is 19.1. The van der Waals surface area contributed by atoms with Crippen molar-refractivity contribution in [1.29, 1.82) is 0 Å². The van der Waals surface area contributed by atoms with Crippen molar-refractivity contribution < 1.29 is 13.6 Å². The van der Waals surface area contributed by atoms with Crippen LogP contribution in [0.3, 0.4) is 0 Å². The molecule has 35 heavy (non-hydrogen) atoms. The normalized spacial score (nSPS) is 14.9. The minimum absolute atomic E-state index is 0.158.